The molecule has 0 radical (unpaired) electrons. The monoisotopic (exact) mass is 349 g/mol. The largest absolute Gasteiger partial charge is 0.481 e. The summed E-state index contributed by atoms with van der Waals surface area (Å²) in [5, 5.41) is 14.0. The molecule has 5 N–H and O–H groups in total. The van der Waals surface area contributed by atoms with Crippen LogP contribution >= 0.6 is 0 Å². The van der Waals surface area contributed by atoms with Crippen molar-refractivity contribution in [2.75, 3.05) is 6.54 Å². The van der Waals surface area contributed by atoms with Gasteiger partial charge in [-0.2, -0.15) is 0 Å². The number of carbonyl (C=O) groups excluding carboxylic acids is 3. The number of amides is 2. The summed E-state index contributed by atoms with van der Waals surface area (Å²) in [6, 6.07) is 5.45. The Morgan fingerprint density at radius 3 is 2.40 bits per heavy atom. The van der Waals surface area contributed by atoms with Gasteiger partial charge in [-0.1, -0.05) is 24.3 Å². The Morgan fingerprint density at radius 2 is 1.84 bits per heavy atom. The second kappa shape index (κ2) is 10.9. The zero-order valence-corrected chi connectivity index (χ0v) is 13.9. The summed E-state index contributed by atoms with van der Waals surface area (Å²) in [6.07, 6.45) is 1.66. The van der Waals surface area contributed by atoms with Gasteiger partial charge in [-0.05, 0) is 24.9 Å². The van der Waals surface area contributed by atoms with Crippen LogP contribution in [0.1, 0.15) is 41.6 Å². The molecule has 136 valence electrons. The molecule has 0 fully saturated rings. The van der Waals surface area contributed by atoms with Gasteiger partial charge in [-0.15, -0.1) is 0 Å². The zero-order chi connectivity index (χ0) is 18.7. The predicted octanol–water partition coefficient (Wildman–Crippen LogP) is 0.204. The van der Waals surface area contributed by atoms with Gasteiger partial charge in [0.1, 0.15) is 12.3 Å². The second-order valence-electron chi connectivity index (χ2n) is 5.54. The van der Waals surface area contributed by atoms with Gasteiger partial charge in [-0.25, -0.2) is 0 Å². The van der Waals surface area contributed by atoms with Crippen molar-refractivity contribution in [3.63, 3.8) is 0 Å². The van der Waals surface area contributed by atoms with Crippen molar-refractivity contribution in [2.24, 2.45) is 5.73 Å². The van der Waals surface area contributed by atoms with E-state index in [1.54, 1.807) is 24.3 Å². The van der Waals surface area contributed by atoms with E-state index < -0.39 is 24.3 Å². The second-order valence-corrected chi connectivity index (χ2v) is 5.54. The van der Waals surface area contributed by atoms with Gasteiger partial charge in [0.2, 0.25) is 11.8 Å². The average molecular weight is 349 g/mol. The van der Waals surface area contributed by atoms with Crippen molar-refractivity contribution in [2.45, 2.75) is 38.3 Å². The van der Waals surface area contributed by atoms with Crippen LogP contribution in [0.25, 0.3) is 0 Å². The Balaban J connectivity index is 2.57. The maximum absolute atomic E-state index is 12.2. The molecule has 0 saturated carbocycles. The van der Waals surface area contributed by atoms with Crippen molar-refractivity contribution in [3.05, 3.63) is 35.4 Å². The van der Waals surface area contributed by atoms with Crippen molar-refractivity contribution in [1.82, 2.24) is 10.6 Å². The third-order valence-electron chi connectivity index (χ3n) is 3.47. The molecule has 1 aromatic rings. The number of unbranched alkanes of at least 4 members (excludes halogenated alkanes) is 1. The van der Waals surface area contributed by atoms with E-state index in [2.05, 4.69) is 10.6 Å². The molecule has 0 aliphatic rings. The first-order valence-electron chi connectivity index (χ1n) is 7.99. The van der Waals surface area contributed by atoms with Gasteiger partial charge in [-0.3, -0.25) is 19.2 Å². The lowest BCUT2D eigenvalue weighted by Crippen LogP contribution is -2.47. The Kier molecular flexibility index (Phi) is 8.87. The molecular weight excluding hydrogens is 326 g/mol. The number of hydrogen-bond donors (Lipinski definition) is 4. The van der Waals surface area contributed by atoms with Crippen LogP contribution in [-0.4, -0.2) is 41.8 Å². The molecule has 1 rings (SSSR count). The number of nitrogens with one attached hydrogen (secondary N) is 2. The van der Waals surface area contributed by atoms with E-state index in [9.17, 15) is 19.2 Å². The quantitative estimate of drug-likeness (QED) is 0.333. The van der Waals surface area contributed by atoms with E-state index in [0.717, 1.165) is 5.56 Å². The minimum absolute atomic E-state index is 0.164. The van der Waals surface area contributed by atoms with E-state index in [-0.39, 0.29) is 18.9 Å². The van der Waals surface area contributed by atoms with Crippen molar-refractivity contribution < 1.29 is 24.3 Å². The molecule has 1 unspecified atom stereocenters. The van der Waals surface area contributed by atoms with E-state index in [1.807, 2.05) is 0 Å². The summed E-state index contributed by atoms with van der Waals surface area (Å²) in [5.41, 5.74) is 6.62. The summed E-state index contributed by atoms with van der Waals surface area (Å²) >= 11 is 0. The fourth-order valence-corrected chi connectivity index (χ4v) is 2.11. The Bertz CT molecular complexity index is 601. The SMILES string of the molecule is NCCCCC(=O)NC(CC(=O)O)C(=O)NCc1ccc(C=O)cc1. The highest BCUT2D eigenvalue weighted by molar-refractivity contribution is 5.90. The molecular formula is C17H23N3O5. The first kappa shape index (κ1) is 20.3. The molecule has 0 saturated heterocycles. The summed E-state index contributed by atoms with van der Waals surface area (Å²) < 4.78 is 0. The van der Waals surface area contributed by atoms with E-state index in [4.69, 9.17) is 10.8 Å². The molecule has 0 spiro atoms. The molecule has 1 aromatic carbocycles. The van der Waals surface area contributed by atoms with Crippen molar-refractivity contribution in [3.8, 4) is 0 Å². The first-order chi connectivity index (χ1) is 12.0. The van der Waals surface area contributed by atoms with Crippen LogP contribution in [0.2, 0.25) is 0 Å². The number of aliphatic carboxylic acids is 1. The van der Waals surface area contributed by atoms with Gasteiger partial charge >= 0.3 is 5.97 Å². The average Bonchev–Trinajstić information content (AvgIpc) is 2.59. The van der Waals surface area contributed by atoms with Gasteiger partial charge in [0.15, 0.2) is 0 Å². The summed E-state index contributed by atoms with van der Waals surface area (Å²) in [4.78, 5) is 45.5. The molecule has 1 atom stereocenters. The molecule has 8 nitrogen and oxygen atoms in total. The van der Waals surface area contributed by atoms with Crippen LogP contribution in [0.3, 0.4) is 0 Å². The van der Waals surface area contributed by atoms with E-state index >= 15 is 0 Å². The number of benzene rings is 1. The molecule has 0 aliphatic heterocycles. The van der Waals surface area contributed by atoms with Crippen LogP contribution in [0.4, 0.5) is 0 Å². The third-order valence-corrected chi connectivity index (χ3v) is 3.47. The van der Waals surface area contributed by atoms with Gasteiger partial charge < -0.3 is 21.5 Å². The molecule has 0 bridgehead atoms. The normalized spacial score (nSPS) is 11.4. The molecule has 0 aromatic heterocycles. The van der Waals surface area contributed by atoms with Gasteiger partial charge in [0.05, 0.1) is 6.42 Å². The summed E-state index contributed by atoms with van der Waals surface area (Å²) in [5.74, 6) is -2.14. The zero-order valence-electron chi connectivity index (χ0n) is 13.9. The fourth-order valence-electron chi connectivity index (χ4n) is 2.11. The lowest BCUT2D eigenvalue weighted by Gasteiger charge is -2.17. The Hall–Kier alpha value is -2.74. The number of carboxylic acid groups (broad SMARTS) is 1. The highest BCUT2D eigenvalue weighted by Crippen LogP contribution is 2.03. The number of aldehydes is 1. The Labute approximate surface area is 145 Å². The minimum atomic E-state index is -1.18. The third kappa shape index (κ3) is 8.07. The van der Waals surface area contributed by atoms with Gasteiger partial charge in [0.25, 0.3) is 0 Å². The highest BCUT2D eigenvalue weighted by atomic mass is 16.4. The highest BCUT2D eigenvalue weighted by Gasteiger charge is 2.23. The van der Waals surface area contributed by atoms with Crippen LogP contribution in [0, 0.1) is 0 Å². The van der Waals surface area contributed by atoms with E-state index in [0.29, 0.717) is 31.2 Å². The molecule has 25 heavy (non-hydrogen) atoms. The van der Waals surface area contributed by atoms with Crippen molar-refractivity contribution >= 4 is 24.1 Å². The van der Waals surface area contributed by atoms with Crippen LogP contribution in [0.15, 0.2) is 24.3 Å². The maximum atomic E-state index is 12.2. The number of carboxylic acids is 1. The number of rotatable bonds is 11. The van der Waals surface area contributed by atoms with E-state index in [1.165, 1.54) is 0 Å². The lowest BCUT2D eigenvalue weighted by molar-refractivity contribution is -0.140. The van der Waals surface area contributed by atoms with Crippen LogP contribution in [-0.2, 0) is 20.9 Å². The molecule has 0 heterocycles. The van der Waals surface area contributed by atoms with Crippen LogP contribution in [0.5, 0.6) is 0 Å². The van der Waals surface area contributed by atoms with Crippen molar-refractivity contribution in [1.29, 1.82) is 0 Å². The van der Waals surface area contributed by atoms with Gasteiger partial charge in [0, 0.05) is 18.5 Å². The molecule has 2 amide bonds. The fraction of sp³-hybridized carbons (Fsp3) is 0.412. The maximum Gasteiger partial charge on any atom is 0.305 e. The predicted molar refractivity (Wildman–Crippen MR) is 90.8 cm³/mol. The Morgan fingerprint density at radius 1 is 1.16 bits per heavy atom. The topological polar surface area (TPSA) is 139 Å². The lowest BCUT2D eigenvalue weighted by atomic mass is 10.1. The first-order valence-corrected chi connectivity index (χ1v) is 7.99. The molecule has 0 aliphatic carbocycles. The number of hydrogen-bond acceptors (Lipinski definition) is 5. The smallest absolute Gasteiger partial charge is 0.305 e. The van der Waals surface area contributed by atoms with Crippen LogP contribution < -0.4 is 16.4 Å². The number of nitrogens with two attached hydrogens (primary N) is 1. The standard InChI is InChI=1S/C17H23N3O5/c18-8-2-1-3-15(22)20-14(9-16(23)24)17(25)19-10-12-4-6-13(11-21)7-5-12/h4-7,11,14H,1-3,8-10,18H2,(H,19,25)(H,20,22)(H,23,24). The minimum Gasteiger partial charge on any atom is -0.481 e. The molecule has 8 heteroatoms. The summed E-state index contributed by atoms with van der Waals surface area (Å²) in [7, 11) is 0. The number of carbonyl (C=O) groups is 4. The summed E-state index contributed by atoms with van der Waals surface area (Å²) in [6.45, 7) is 0.631.